The van der Waals surface area contributed by atoms with Gasteiger partial charge in [-0.05, 0) is 49.8 Å². The molecule has 1 heterocycles. The standard InChI is InChI=1S/C15H19NO/c16-11-12-5-8-15(9-6-12)14-4-2-1-3-13(14)7-10-17-15/h1-4,7,10,12H,5-6,8-9,11,16H2. The minimum absolute atomic E-state index is 0.0724. The van der Waals surface area contributed by atoms with Gasteiger partial charge in [-0.1, -0.05) is 24.3 Å². The molecule has 2 aliphatic rings. The van der Waals surface area contributed by atoms with Crippen molar-refractivity contribution in [3.63, 3.8) is 0 Å². The molecule has 1 fully saturated rings. The van der Waals surface area contributed by atoms with Gasteiger partial charge in [-0.2, -0.15) is 0 Å². The molecule has 2 nitrogen and oxygen atoms in total. The number of hydrogen-bond donors (Lipinski definition) is 1. The van der Waals surface area contributed by atoms with E-state index in [1.165, 1.54) is 24.0 Å². The predicted molar refractivity (Wildman–Crippen MR) is 69.3 cm³/mol. The van der Waals surface area contributed by atoms with Crippen LogP contribution in [-0.4, -0.2) is 6.54 Å². The first-order chi connectivity index (χ1) is 8.34. The molecule has 1 saturated carbocycles. The normalized spacial score (nSPS) is 31.0. The Balaban J connectivity index is 1.92. The molecule has 0 radical (unpaired) electrons. The molecule has 1 spiro atoms. The van der Waals surface area contributed by atoms with Crippen molar-refractivity contribution < 1.29 is 4.74 Å². The number of nitrogens with two attached hydrogens (primary N) is 1. The van der Waals surface area contributed by atoms with E-state index < -0.39 is 0 Å². The zero-order valence-corrected chi connectivity index (χ0v) is 10.1. The van der Waals surface area contributed by atoms with Crippen LogP contribution in [0.15, 0.2) is 30.5 Å². The number of rotatable bonds is 1. The third-order valence-electron chi connectivity index (χ3n) is 4.24. The van der Waals surface area contributed by atoms with E-state index in [1.54, 1.807) is 0 Å². The second-order valence-electron chi connectivity index (χ2n) is 5.18. The molecule has 0 saturated heterocycles. The first kappa shape index (κ1) is 10.8. The van der Waals surface area contributed by atoms with Crippen molar-refractivity contribution in [2.75, 3.05) is 6.54 Å². The van der Waals surface area contributed by atoms with Gasteiger partial charge in [0.25, 0.3) is 0 Å². The van der Waals surface area contributed by atoms with Gasteiger partial charge in [0.15, 0.2) is 0 Å². The average molecular weight is 229 g/mol. The van der Waals surface area contributed by atoms with Gasteiger partial charge < -0.3 is 10.5 Å². The van der Waals surface area contributed by atoms with E-state index in [1.807, 2.05) is 6.26 Å². The van der Waals surface area contributed by atoms with Gasteiger partial charge >= 0.3 is 0 Å². The maximum atomic E-state index is 6.00. The van der Waals surface area contributed by atoms with Gasteiger partial charge in [0.1, 0.15) is 5.60 Å². The van der Waals surface area contributed by atoms with E-state index in [-0.39, 0.29) is 5.60 Å². The van der Waals surface area contributed by atoms with Gasteiger partial charge in [-0.3, -0.25) is 0 Å². The fourth-order valence-corrected chi connectivity index (χ4v) is 3.13. The summed E-state index contributed by atoms with van der Waals surface area (Å²) < 4.78 is 6.00. The molecule has 1 aromatic carbocycles. The molecule has 0 atom stereocenters. The van der Waals surface area contributed by atoms with Crippen molar-refractivity contribution in [1.29, 1.82) is 0 Å². The van der Waals surface area contributed by atoms with Gasteiger partial charge in [-0.25, -0.2) is 0 Å². The van der Waals surface area contributed by atoms with Crippen LogP contribution in [0.1, 0.15) is 36.8 Å². The fraction of sp³-hybridized carbons (Fsp3) is 0.467. The molecule has 17 heavy (non-hydrogen) atoms. The molecule has 0 unspecified atom stereocenters. The van der Waals surface area contributed by atoms with Crippen LogP contribution in [0, 0.1) is 5.92 Å². The third-order valence-corrected chi connectivity index (χ3v) is 4.24. The lowest BCUT2D eigenvalue weighted by Crippen LogP contribution is -2.36. The van der Waals surface area contributed by atoms with Crippen molar-refractivity contribution in [3.8, 4) is 0 Å². The third kappa shape index (κ3) is 1.77. The highest BCUT2D eigenvalue weighted by Crippen LogP contribution is 2.45. The van der Waals surface area contributed by atoms with Crippen molar-refractivity contribution >= 4 is 6.08 Å². The topological polar surface area (TPSA) is 35.2 Å². The Morgan fingerprint density at radius 2 is 2.00 bits per heavy atom. The highest BCUT2D eigenvalue weighted by atomic mass is 16.5. The predicted octanol–water partition coefficient (Wildman–Crippen LogP) is 3.03. The van der Waals surface area contributed by atoms with Gasteiger partial charge in [0.05, 0.1) is 6.26 Å². The van der Waals surface area contributed by atoms with Crippen LogP contribution in [0.4, 0.5) is 0 Å². The highest BCUT2D eigenvalue weighted by molar-refractivity contribution is 5.57. The van der Waals surface area contributed by atoms with Crippen LogP contribution in [-0.2, 0) is 10.3 Å². The molecule has 2 heteroatoms. The summed E-state index contributed by atoms with van der Waals surface area (Å²) in [6, 6.07) is 8.58. The SMILES string of the molecule is NCC1CCC2(CC1)OC=Cc1ccccc12. The van der Waals surface area contributed by atoms with E-state index in [4.69, 9.17) is 10.5 Å². The van der Waals surface area contributed by atoms with E-state index in [9.17, 15) is 0 Å². The molecular formula is C15H19NO. The minimum atomic E-state index is -0.0724. The lowest BCUT2D eigenvalue weighted by Gasteiger charge is -2.42. The van der Waals surface area contributed by atoms with Crippen molar-refractivity contribution in [2.24, 2.45) is 11.7 Å². The average Bonchev–Trinajstić information content (AvgIpc) is 2.40. The molecule has 2 N–H and O–H groups in total. The van der Waals surface area contributed by atoms with E-state index in [0.29, 0.717) is 5.92 Å². The Hall–Kier alpha value is -1.28. The largest absolute Gasteiger partial charge is 0.490 e. The first-order valence-corrected chi connectivity index (χ1v) is 6.48. The Labute approximate surface area is 102 Å². The van der Waals surface area contributed by atoms with Crippen LogP contribution in [0.25, 0.3) is 6.08 Å². The van der Waals surface area contributed by atoms with Crippen LogP contribution in [0.5, 0.6) is 0 Å². The fourth-order valence-electron chi connectivity index (χ4n) is 3.13. The van der Waals surface area contributed by atoms with Crippen molar-refractivity contribution in [1.82, 2.24) is 0 Å². The summed E-state index contributed by atoms with van der Waals surface area (Å²) in [5, 5.41) is 0. The van der Waals surface area contributed by atoms with Gasteiger partial charge in [-0.15, -0.1) is 0 Å². The molecule has 1 aliphatic carbocycles. The van der Waals surface area contributed by atoms with Gasteiger partial charge in [0.2, 0.25) is 0 Å². The number of hydrogen-bond acceptors (Lipinski definition) is 2. The zero-order valence-electron chi connectivity index (χ0n) is 10.1. The zero-order chi connectivity index (χ0) is 11.7. The lowest BCUT2D eigenvalue weighted by atomic mass is 9.73. The first-order valence-electron chi connectivity index (χ1n) is 6.48. The van der Waals surface area contributed by atoms with E-state index in [2.05, 4.69) is 30.3 Å². The molecule has 3 rings (SSSR count). The van der Waals surface area contributed by atoms with Crippen LogP contribution >= 0.6 is 0 Å². The van der Waals surface area contributed by atoms with Crippen LogP contribution in [0.2, 0.25) is 0 Å². The van der Waals surface area contributed by atoms with E-state index >= 15 is 0 Å². The second-order valence-corrected chi connectivity index (χ2v) is 5.18. The maximum absolute atomic E-state index is 6.00. The highest BCUT2D eigenvalue weighted by Gasteiger charge is 2.40. The quantitative estimate of drug-likeness (QED) is 0.803. The lowest BCUT2D eigenvalue weighted by molar-refractivity contribution is -0.0289. The Morgan fingerprint density at radius 3 is 2.76 bits per heavy atom. The van der Waals surface area contributed by atoms with Crippen LogP contribution < -0.4 is 5.73 Å². The van der Waals surface area contributed by atoms with Crippen molar-refractivity contribution in [2.45, 2.75) is 31.3 Å². The Morgan fingerprint density at radius 1 is 1.24 bits per heavy atom. The summed E-state index contributed by atoms with van der Waals surface area (Å²) in [5.41, 5.74) is 8.36. The monoisotopic (exact) mass is 229 g/mol. The molecule has 0 bridgehead atoms. The van der Waals surface area contributed by atoms with Gasteiger partial charge in [0, 0.05) is 5.56 Å². The molecule has 1 aliphatic heterocycles. The maximum Gasteiger partial charge on any atom is 0.134 e. The Kier molecular flexibility index (Phi) is 2.67. The summed E-state index contributed by atoms with van der Waals surface area (Å²) in [6.07, 6.45) is 8.48. The number of benzene rings is 1. The summed E-state index contributed by atoms with van der Waals surface area (Å²) in [5.74, 6) is 0.683. The number of ether oxygens (including phenoxy) is 1. The molecule has 0 aromatic heterocycles. The summed E-state index contributed by atoms with van der Waals surface area (Å²) in [6.45, 7) is 0.813. The summed E-state index contributed by atoms with van der Waals surface area (Å²) in [7, 11) is 0. The summed E-state index contributed by atoms with van der Waals surface area (Å²) in [4.78, 5) is 0. The molecule has 1 aromatic rings. The molecule has 90 valence electrons. The Bertz CT molecular complexity index is 430. The van der Waals surface area contributed by atoms with E-state index in [0.717, 1.165) is 19.4 Å². The van der Waals surface area contributed by atoms with Crippen LogP contribution in [0.3, 0.4) is 0 Å². The van der Waals surface area contributed by atoms with Crippen molar-refractivity contribution in [3.05, 3.63) is 41.7 Å². The molecule has 0 amide bonds. The summed E-state index contributed by atoms with van der Waals surface area (Å²) >= 11 is 0. The molecular weight excluding hydrogens is 210 g/mol. The number of fused-ring (bicyclic) bond motifs is 2. The smallest absolute Gasteiger partial charge is 0.134 e. The second kappa shape index (κ2) is 4.19. The minimum Gasteiger partial charge on any atom is -0.490 e.